The number of rotatable bonds is 7. The van der Waals surface area contributed by atoms with Gasteiger partial charge < -0.3 is 9.47 Å². The van der Waals surface area contributed by atoms with E-state index in [1.54, 1.807) is 0 Å². The lowest BCUT2D eigenvalue weighted by Gasteiger charge is -2.26. The van der Waals surface area contributed by atoms with Crippen molar-refractivity contribution in [3.8, 4) is 39.3 Å². The number of fused-ring (bicyclic) bond motifs is 4. The van der Waals surface area contributed by atoms with Crippen molar-refractivity contribution in [1.29, 1.82) is 0 Å². The summed E-state index contributed by atoms with van der Waals surface area (Å²) in [5.74, 6) is 0. The second-order valence-corrected chi connectivity index (χ2v) is 13.4. The van der Waals surface area contributed by atoms with E-state index >= 15 is 0 Å². The van der Waals surface area contributed by atoms with Crippen molar-refractivity contribution in [3.05, 3.63) is 200 Å². The summed E-state index contributed by atoms with van der Waals surface area (Å²) in [5.41, 5.74) is 14.7. The fourth-order valence-electron chi connectivity index (χ4n) is 7.48. The Bertz CT molecular complexity index is 2840. The summed E-state index contributed by atoms with van der Waals surface area (Å²) in [4.78, 5) is 16.8. The Hall–Kier alpha value is -7.37. The van der Waals surface area contributed by atoms with Gasteiger partial charge in [-0.3, -0.25) is 9.97 Å². The minimum Gasteiger partial charge on any atom is -0.310 e. The van der Waals surface area contributed by atoms with Crippen LogP contribution in [-0.2, 0) is 0 Å². The van der Waals surface area contributed by atoms with Crippen LogP contribution in [0.25, 0.3) is 72.2 Å². The van der Waals surface area contributed by atoms with Crippen molar-refractivity contribution in [2.24, 2.45) is 0 Å². The third-order valence-corrected chi connectivity index (χ3v) is 10.0. The molecule has 5 heteroatoms. The van der Waals surface area contributed by atoms with Gasteiger partial charge in [0.05, 0.1) is 33.5 Å². The molecule has 0 bridgehead atoms. The normalized spacial score (nSPS) is 11.3. The van der Waals surface area contributed by atoms with E-state index in [9.17, 15) is 0 Å². The monoisotopic (exact) mass is 691 g/mol. The van der Waals surface area contributed by atoms with E-state index in [0.717, 1.165) is 89.2 Å². The number of pyridine rings is 3. The van der Waals surface area contributed by atoms with Crippen molar-refractivity contribution in [2.45, 2.75) is 0 Å². The Labute approximate surface area is 313 Å². The van der Waals surface area contributed by atoms with Crippen LogP contribution in [0.3, 0.4) is 0 Å². The Balaban J connectivity index is 1.09. The van der Waals surface area contributed by atoms with Gasteiger partial charge in [0.1, 0.15) is 0 Å². The molecule has 0 fully saturated rings. The fourth-order valence-corrected chi connectivity index (χ4v) is 7.48. The maximum atomic E-state index is 5.21. The first-order valence-electron chi connectivity index (χ1n) is 18.1. The average Bonchev–Trinajstić information content (AvgIpc) is 3.56. The van der Waals surface area contributed by atoms with Crippen molar-refractivity contribution in [3.63, 3.8) is 0 Å². The molecule has 5 nitrogen and oxygen atoms in total. The third kappa shape index (κ3) is 5.65. The average molecular weight is 692 g/mol. The minimum absolute atomic E-state index is 0.934. The van der Waals surface area contributed by atoms with E-state index in [1.165, 1.54) is 0 Å². The zero-order valence-corrected chi connectivity index (χ0v) is 29.3. The molecule has 0 N–H and O–H groups in total. The Kier molecular flexibility index (Phi) is 7.73. The highest BCUT2D eigenvalue weighted by molar-refractivity contribution is 6.11. The van der Waals surface area contributed by atoms with Crippen LogP contribution < -0.4 is 4.90 Å². The SMILES string of the molecule is c1ccc(-n2c3ccc(-c4ccc(N(c5cccc(-c6ccccn6)c5)c5cccc(-c6ccccn6)c5)cc4)cc3c3nc4ccccc4cc32)cc1. The zero-order valence-electron chi connectivity index (χ0n) is 29.3. The highest BCUT2D eigenvalue weighted by Crippen LogP contribution is 2.40. The van der Waals surface area contributed by atoms with E-state index in [0.29, 0.717) is 0 Å². The smallest absolute Gasteiger partial charge is 0.0971 e. The largest absolute Gasteiger partial charge is 0.310 e. The highest BCUT2D eigenvalue weighted by atomic mass is 15.1. The summed E-state index contributed by atoms with van der Waals surface area (Å²) in [6.07, 6.45) is 3.67. The molecule has 0 amide bonds. The molecule has 10 rings (SSSR count). The third-order valence-electron chi connectivity index (χ3n) is 10.0. The molecule has 0 aliphatic heterocycles. The number of anilines is 3. The maximum Gasteiger partial charge on any atom is 0.0971 e. The Morgan fingerprint density at radius 3 is 1.70 bits per heavy atom. The van der Waals surface area contributed by atoms with Gasteiger partial charge in [-0.05, 0) is 108 Å². The van der Waals surface area contributed by atoms with Crippen LogP contribution in [0.1, 0.15) is 0 Å². The van der Waals surface area contributed by atoms with E-state index in [4.69, 9.17) is 4.98 Å². The molecule has 0 saturated carbocycles. The van der Waals surface area contributed by atoms with Crippen LogP contribution in [0.5, 0.6) is 0 Å². The van der Waals surface area contributed by atoms with Crippen molar-refractivity contribution in [2.75, 3.05) is 4.90 Å². The van der Waals surface area contributed by atoms with Gasteiger partial charge in [-0.25, -0.2) is 4.98 Å². The number of para-hydroxylation sites is 2. The summed E-state index contributed by atoms with van der Waals surface area (Å²) < 4.78 is 2.33. The molecule has 0 aliphatic carbocycles. The molecular weight excluding hydrogens is 659 g/mol. The van der Waals surface area contributed by atoms with Gasteiger partial charge in [0.15, 0.2) is 0 Å². The second-order valence-electron chi connectivity index (χ2n) is 13.4. The lowest BCUT2D eigenvalue weighted by atomic mass is 10.0. The number of hydrogen-bond donors (Lipinski definition) is 0. The zero-order chi connectivity index (χ0) is 35.8. The molecule has 6 aromatic carbocycles. The van der Waals surface area contributed by atoms with Gasteiger partial charge in [-0.2, -0.15) is 0 Å². The predicted molar refractivity (Wildman–Crippen MR) is 223 cm³/mol. The molecule has 0 aliphatic rings. The standard InChI is InChI=1S/C49H33N5/c1-2-15-39(16-3-1)54-47-27-24-35(32-43(47)49-48(54)33-38-12-4-5-21-46(38)52-49)34-22-25-40(26-23-34)53(41-17-10-13-36(30-41)44-19-6-8-28-50-44)42-18-11-14-37(31-42)45-20-7-9-29-51-45/h1-33H. The van der Waals surface area contributed by atoms with Crippen LogP contribution in [0, 0.1) is 0 Å². The molecule has 4 aromatic heterocycles. The molecule has 0 atom stereocenters. The van der Waals surface area contributed by atoms with Gasteiger partial charge in [0.25, 0.3) is 0 Å². The lowest BCUT2D eigenvalue weighted by Crippen LogP contribution is -2.10. The summed E-state index contributed by atoms with van der Waals surface area (Å²) in [5, 5.41) is 2.25. The van der Waals surface area contributed by atoms with Gasteiger partial charge in [0, 0.05) is 57.0 Å². The van der Waals surface area contributed by atoms with Crippen molar-refractivity contribution >= 4 is 49.9 Å². The fraction of sp³-hybridized carbons (Fsp3) is 0. The minimum atomic E-state index is 0.934. The molecule has 0 unspecified atom stereocenters. The van der Waals surface area contributed by atoms with Gasteiger partial charge in [-0.15, -0.1) is 0 Å². The van der Waals surface area contributed by atoms with Crippen LogP contribution in [0.15, 0.2) is 200 Å². The van der Waals surface area contributed by atoms with E-state index < -0.39 is 0 Å². The Morgan fingerprint density at radius 1 is 0.407 bits per heavy atom. The second kappa shape index (κ2) is 13.3. The van der Waals surface area contributed by atoms with Crippen molar-refractivity contribution < 1.29 is 0 Å². The number of benzene rings is 6. The van der Waals surface area contributed by atoms with Crippen LogP contribution in [0.2, 0.25) is 0 Å². The quantitative estimate of drug-likeness (QED) is 0.167. The highest BCUT2D eigenvalue weighted by Gasteiger charge is 2.18. The first kappa shape index (κ1) is 31.4. The summed E-state index contributed by atoms with van der Waals surface area (Å²) >= 11 is 0. The predicted octanol–water partition coefficient (Wildman–Crippen LogP) is 12.6. The maximum absolute atomic E-state index is 5.21. The molecule has 10 aromatic rings. The van der Waals surface area contributed by atoms with E-state index in [2.05, 4.69) is 171 Å². The van der Waals surface area contributed by atoms with E-state index in [1.807, 2.05) is 48.8 Å². The van der Waals surface area contributed by atoms with Crippen LogP contribution >= 0.6 is 0 Å². The Morgan fingerprint density at radius 2 is 1.04 bits per heavy atom. The number of nitrogens with zero attached hydrogens (tertiary/aromatic N) is 5. The summed E-state index contributed by atoms with van der Waals surface area (Å²) in [6, 6.07) is 65.9. The first-order valence-corrected chi connectivity index (χ1v) is 18.1. The lowest BCUT2D eigenvalue weighted by molar-refractivity contribution is 1.18. The van der Waals surface area contributed by atoms with Crippen LogP contribution in [0.4, 0.5) is 17.1 Å². The molecule has 254 valence electrons. The molecule has 0 spiro atoms. The molecule has 0 radical (unpaired) electrons. The molecule has 54 heavy (non-hydrogen) atoms. The first-order chi connectivity index (χ1) is 26.8. The molecular formula is C49H33N5. The topological polar surface area (TPSA) is 46.8 Å². The molecule has 0 saturated heterocycles. The van der Waals surface area contributed by atoms with Gasteiger partial charge in [0.2, 0.25) is 0 Å². The number of hydrogen-bond acceptors (Lipinski definition) is 4. The summed E-state index contributed by atoms with van der Waals surface area (Å²) in [7, 11) is 0. The summed E-state index contributed by atoms with van der Waals surface area (Å²) in [6.45, 7) is 0. The van der Waals surface area contributed by atoms with Gasteiger partial charge >= 0.3 is 0 Å². The van der Waals surface area contributed by atoms with Crippen LogP contribution in [-0.4, -0.2) is 19.5 Å². The molecule has 4 heterocycles. The van der Waals surface area contributed by atoms with Gasteiger partial charge in [-0.1, -0.05) is 91.0 Å². The van der Waals surface area contributed by atoms with Crippen molar-refractivity contribution in [1.82, 2.24) is 19.5 Å². The van der Waals surface area contributed by atoms with E-state index in [-0.39, 0.29) is 0 Å². The number of aromatic nitrogens is 4.